The Morgan fingerprint density at radius 3 is 2.56 bits per heavy atom. The van der Waals surface area contributed by atoms with Gasteiger partial charge in [0.2, 0.25) is 0 Å². The van der Waals surface area contributed by atoms with Crippen molar-refractivity contribution >= 4 is 27.5 Å². The third kappa shape index (κ3) is 4.22. The molecule has 0 fully saturated rings. The number of halogens is 2. The van der Waals surface area contributed by atoms with Crippen LogP contribution in [0.4, 0.5) is 10.1 Å². The van der Waals surface area contributed by atoms with Crippen molar-refractivity contribution in [2.24, 2.45) is 0 Å². The summed E-state index contributed by atoms with van der Waals surface area (Å²) in [5, 5.41) is 2.51. The first kappa shape index (κ1) is 17.1. The van der Waals surface area contributed by atoms with E-state index in [-0.39, 0.29) is 16.8 Å². The first-order valence-corrected chi connectivity index (χ1v) is 8.33. The summed E-state index contributed by atoms with van der Waals surface area (Å²) in [6.45, 7) is 0.355. The minimum atomic E-state index is -0.541. The van der Waals surface area contributed by atoms with Crippen LogP contribution in [0.15, 0.2) is 76.1 Å². The lowest BCUT2D eigenvalue weighted by molar-refractivity contribution is 0.102. The van der Waals surface area contributed by atoms with Crippen LogP contribution in [0.25, 0.3) is 0 Å². The first-order valence-electron chi connectivity index (χ1n) is 7.54. The van der Waals surface area contributed by atoms with E-state index < -0.39 is 11.7 Å². The maximum absolute atomic E-state index is 13.9. The highest BCUT2D eigenvalue weighted by Gasteiger charge is 2.11. The van der Waals surface area contributed by atoms with Gasteiger partial charge in [-0.25, -0.2) is 4.39 Å². The van der Waals surface area contributed by atoms with Crippen LogP contribution < -0.4 is 10.9 Å². The second-order valence-corrected chi connectivity index (χ2v) is 6.36. The smallest absolute Gasteiger partial charge is 0.257 e. The third-order valence-electron chi connectivity index (χ3n) is 3.62. The topological polar surface area (TPSA) is 51.1 Å². The number of benzene rings is 2. The molecule has 0 spiro atoms. The Bertz CT molecular complexity index is 971. The maximum Gasteiger partial charge on any atom is 0.257 e. The Morgan fingerprint density at radius 1 is 1.08 bits per heavy atom. The monoisotopic (exact) mass is 400 g/mol. The van der Waals surface area contributed by atoms with Crippen LogP contribution in [0.3, 0.4) is 0 Å². The zero-order valence-corrected chi connectivity index (χ0v) is 14.7. The van der Waals surface area contributed by atoms with Gasteiger partial charge in [0.25, 0.3) is 11.5 Å². The molecule has 0 bridgehead atoms. The summed E-state index contributed by atoms with van der Waals surface area (Å²) < 4.78 is 15.9. The highest BCUT2D eigenvalue weighted by atomic mass is 79.9. The van der Waals surface area contributed by atoms with Gasteiger partial charge in [-0.1, -0.05) is 46.3 Å². The van der Waals surface area contributed by atoms with E-state index in [4.69, 9.17) is 0 Å². The Labute approximate surface area is 152 Å². The molecule has 1 heterocycles. The summed E-state index contributed by atoms with van der Waals surface area (Å²) in [5.41, 5.74) is 1.09. The number of nitrogens with zero attached hydrogens (tertiary/aromatic N) is 1. The number of rotatable bonds is 4. The molecule has 0 saturated heterocycles. The van der Waals surface area contributed by atoms with E-state index in [1.165, 1.54) is 35.0 Å². The number of amides is 1. The molecule has 0 atom stereocenters. The molecule has 1 N–H and O–H groups in total. The molecular formula is C19H14BrFN2O2. The van der Waals surface area contributed by atoms with Crippen molar-refractivity contribution in [2.75, 3.05) is 5.32 Å². The van der Waals surface area contributed by atoms with Crippen LogP contribution in [0.1, 0.15) is 15.9 Å². The molecule has 0 saturated carbocycles. The SMILES string of the molecule is O=C(Nc1ccc(Br)cc1F)c1ccc(=O)n(Cc2ccccc2)c1. The largest absolute Gasteiger partial charge is 0.319 e. The minimum absolute atomic E-state index is 0.0778. The lowest BCUT2D eigenvalue weighted by atomic mass is 10.2. The fourth-order valence-electron chi connectivity index (χ4n) is 2.35. The second-order valence-electron chi connectivity index (χ2n) is 5.45. The summed E-state index contributed by atoms with van der Waals surface area (Å²) in [5.74, 6) is -1.02. The molecule has 3 aromatic rings. The quantitative estimate of drug-likeness (QED) is 0.717. The van der Waals surface area contributed by atoms with E-state index in [2.05, 4.69) is 21.2 Å². The van der Waals surface area contributed by atoms with Crippen LogP contribution in [0.5, 0.6) is 0 Å². The predicted octanol–water partition coefficient (Wildman–Crippen LogP) is 4.05. The summed E-state index contributed by atoms with van der Waals surface area (Å²) >= 11 is 3.17. The van der Waals surface area contributed by atoms with Gasteiger partial charge in [-0.3, -0.25) is 9.59 Å². The Kier molecular flexibility index (Phi) is 5.09. The number of nitrogens with one attached hydrogen (secondary N) is 1. The maximum atomic E-state index is 13.9. The van der Waals surface area contributed by atoms with E-state index in [9.17, 15) is 14.0 Å². The summed E-state index contributed by atoms with van der Waals surface area (Å²) in [6, 6.07) is 16.6. The number of carbonyl (C=O) groups is 1. The lowest BCUT2D eigenvalue weighted by Gasteiger charge is -2.10. The molecular weight excluding hydrogens is 387 g/mol. The molecule has 1 amide bonds. The Morgan fingerprint density at radius 2 is 1.84 bits per heavy atom. The van der Waals surface area contributed by atoms with Crippen molar-refractivity contribution in [3.05, 3.63) is 98.6 Å². The number of carbonyl (C=O) groups excluding carboxylic acids is 1. The fraction of sp³-hybridized carbons (Fsp3) is 0.0526. The van der Waals surface area contributed by atoms with Gasteiger partial charge in [-0.05, 0) is 29.8 Å². The van der Waals surface area contributed by atoms with Crippen LogP contribution in [-0.4, -0.2) is 10.5 Å². The van der Waals surface area contributed by atoms with Gasteiger partial charge in [-0.2, -0.15) is 0 Å². The third-order valence-corrected chi connectivity index (χ3v) is 4.11. The number of hydrogen-bond acceptors (Lipinski definition) is 2. The summed E-state index contributed by atoms with van der Waals surface area (Å²) in [6.07, 6.45) is 1.47. The van der Waals surface area contributed by atoms with Gasteiger partial charge >= 0.3 is 0 Å². The molecule has 1 aromatic heterocycles. The van der Waals surface area contributed by atoms with E-state index >= 15 is 0 Å². The predicted molar refractivity (Wildman–Crippen MR) is 98.3 cm³/mol. The molecule has 2 aromatic carbocycles. The fourth-order valence-corrected chi connectivity index (χ4v) is 2.69. The van der Waals surface area contributed by atoms with Crippen molar-refractivity contribution in [2.45, 2.75) is 6.54 Å². The number of pyridine rings is 1. The average Bonchev–Trinajstić information content (AvgIpc) is 2.60. The molecule has 0 radical (unpaired) electrons. The summed E-state index contributed by atoms with van der Waals surface area (Å²) in [7, 11) is 0. The molecule has 0 unspecified atom stereocenters. The zero-order valence-electron chi connectivity index (χ0n) is 13.1. The lowest BCUT2D eigenvalue weighted by Crippen LogP contribution is -2.22. The van der Waals surface area contributed by atoms with Gasteiger partial charge in [0.1, 0.15) is 5.82 Å². The molecule has 0 aliphatic heterocycles. The first-order chi connectivity index (χ1) is 12.0. The molecule has 4 nitrogen and oxygen atoms in total. The zero-order chi connectivity index (χ0) is 17.8. The number of aromatic nitrogens is 1. The molecule has 0 aliphatic rings. The molecule has 3 rings (SSSR count). The van der Waals surface area contributed by atoms with Gasteiger partial charge in [0, 0.05) is 16.7 Å². The molecule has 126 valence electrons. The standard InChI is InChI=1S/C19H14BrFN2O2/c20-15-7-8-17(16(21)10-15)22-19(25)14-6-9-18(24)23(12-14)11-13-4-2-1-3-5-13/h1-10,12H,11H2,(H,22,25). The van der Waals surface area contributed by atoms with Crippen molar-refractivity contribution in [3.8, 4) is 0 Å². The molecule has 25 heavy (non-hydrogen) atoms. The van der Waals surface area contributed by atoms with Gasteiger partial charge in [0.05, 0.1) is 17.8 Å². The van der Waals surface area contributed by atoms with Crippen LogP contribution in [0.2, 0.25) is 0 Å². The van der Waals surface area contributed by atoms with Crippen LogP contribution in [-0.2, 0) is 6.54 Å². The van der Waals surface area contributed by atoms with E-state index in [1.807, 2.05) is 30.3 Å². The highest BCUT2D eigenvalue weighted by molar-refractivity contribution is 9.10. The van der Waals surface area contributed by atoms with Crippen molar-refractivity contribution in [3.63, 3.8) is 0 Å². The van der Waals surface area contributed by atoms with Crippen LogP contribution >= 0.6 is 15.9 Å². The van der Waals surface area contributed by atoms with Gasteiger partial charge in [-0.15, -0.1) is 0 Å². The second kappa shape index (κ2) is 7.44. The Balaban J connectivity index is 1.83. The van der Waals surface area contributed by atoms with Gasteiger partial charge in [0.15, 0.2) is 0 Å². The van der Waals surface area contributed by atoms with Crippen LogP contribution in [0, 0.1) is 5.82 Å². The van der Waals surface area contributed by atoms with Gasteiger partial charge < -0.3 is 9.88 Å². The highest BCUT2D eigenvalue weighted by Crippen LogP contribution is 2.20. The van der Waals surface area contributed by atoms with E-state index in [1.54, 1.807) is 6.07 Å². The van der Waals surface area contributed by atoms with Crippen molar-refractivity contribution in [1.82, 2.24) is 4.57 Å². The number of hydrogen-bond donors (Lipinski definition) is 1. The van der Waals surface area contributed by atoms with Crippen molar-refractivity contribution < 1.29 is 9.18 Å². The van der Waals surface area contributed by atoms with Crippen molar-refractivity contribution in [1.29, 1.82) is 0 Å². The Hall–Kier alpha value is -2.73. The molecule has 6 heteroatoms. The van der Waals surface area contributed by atoms with E-state index in [0.29, 0.717) is 11.0 Å². The number of anilines is 1. The summed E-state index contributed by atoms with van der Waals surface area (Å²) in [4.78, 5) is 24.4. The average molecular weight is 401 g/mol. The van der Waals surface area contributed by atoms with E-state index in [0.717, 1.165) is 5.56 Å². The molecule has 0 aliphatic carbocycles. The minimum Gasteiger partial charge on any atom is -0.319 e. The normalized spacial score (nSPS) is 10.5.